The van der Waals surface area contributed by atoms with Crippen molar-refractivity contribution in [1.29, 1.82) is 0 Å². The number of nitrogens with zero attached hydrogens (tertiary/aromatic N) is 2. The molecule has 2 aliphatic rings. The van der Waals surface area contributed by atoms with Gasteiger partial charge in [0.05, 0.1) is 24.4 Å². The molecule has 0 saturated carbocycles. The largest absolute Gasteiger partial charge is 0.496 e. The molecule has 2 heterocycles. The first-order valence-electron chi connectivity index (χ1n) is 9.45. The second-order valence-corrected chi connectivity index (χ2v) is 8.54. The molecule has 3 aromatic carbocycles. The van der Waals surface area contributed by atoms with Crippen LogP contribution in [-0.4, -0.2) is 17.8 Å². The van der Waals surface area contributed by atoms with Crippen molar-refractivity contribution in [2.45, 2.75) is 18.7 Å². The van der Waals surface area contributed by atoms with E-state index in [1.807, 2.05) is 41.4 Å². The van der Waals surface area contributed by atoms with Crippen molar-refractivity contribution in [1.82, 2.24) is 5.01 Å². The topological polar surface area (TPSA) is 34.1 Å². The number of halogens is 3. The summed E-state index contributed by atoms with van der Waals surface area (Å²) in [4.78, 5) is 0. The first kappa shape index (κ1) is 19.4. The van der Waals surface area contributed by atoms with Crippen molar-refractivity contribution >= 4 is 33.2 Å². The summed E-state index contributed by atoms with van der Waals surface area (Å²) in [5, 5.41) is 7.48. The number of methoxy groups -OCH3 is 1. The standard InChI is InChI=1S/C23H17BrClFN2O2/c1-29-21-8-4-14(24)10-18(21)23-28-20(17-11-15(25)5-9-22(17)30-23)12-19(27-28)13-2-6-16(26)7-3-13/h2-11,20,23H,12H2,1H3/t20-,23-/m1/s1. The maximum absolute atomic E-state index is 13.4. The summed E-state index contributed by atoms with van der Waals surface area (Å²) >= 11 is 9.82. The fourth-order valence-electron chi connectivity index (χ4n) is 3.98. The van der Waals surface area contributed by atoms with Gasteiger partial charge in [-0.2, -0.15) is 5.10 Å². The number of rotatable bonds is 3. The van der Waals surface area contributed by atoms with Crippen molar-refractivity contribution in [3.05, 3.63) is 92.7 Å². The van der Waals surface area contributed by atoms with Gasteiger partial charge in [0.2, 0.25) is 6.23 Å². The Labute approximate surface area is 187 Å². The van der Waals surface area contributed by atoms with Crippen LogP contribution in [0.1, 0.15) is 35.4 Å². The average molecular weight is 488 g/mol. The minimum Gasteiger partial charge on any atom is -0.496 e. The van der Waals surface area contributed by atoms with Crippen LogP contribution < -0.4 is 9.47 Å². The fourth-order valence-corrected chi connectivity index (χ4v) is 4.54. The molecule has 3 aromatic rings. The number of ether oxygens (including phenoxy) is 2. The third kappa shape index (κ3) is 3.34. The van der Waals surface area contributed by atoms with Gasteiger partial charge in [0.15, 0.2) is 0 Å². The van der Waals surface area contributed by atoms with Gasteiger partial charge in [-0.15, -0.1) is 0 Å². The Morgan fingerprint density at radius 2 is 1.90 bits per heavy atom. The fraction of sp³-hybridized carbons (Fsp3) is 0.174. The predicted octanol–water partition coefficient (Wildman–Crippen LogP) is 6.49. The van der Waals surface area contributed by atoms with Crippen molar-refractivity contribution in [2.75, 3.05) is 7.11 Å². The molecule has 0 radical (unpaired) electrons. The van der Waals surface area contributed by atoms with Crippen LogP contribution in [0.25, 0.3) is 0 Å². The van der Waals surface area contributed by atoms with Gasteiger partial charge in [0, 0.05) is 21.5 Å². The monoisotopic (exact) mass is 486 g/mol. The van der Waals surface area contributed by atoms with Crippen LogP contribution in [0.5, 0.6) is 11.5 Å². The lowest BCUT2D eigenvalue weighted by molar-refractivity contribution is -0.0203. The third-order valence-electron chi connectivity index (χ3n) is 5.39. The molecule has 4 nitrogen and oxygen atoms in total. The molecule has 0 unspecified atom stereocenters. The van der Waals surface area contributed by atoms with Crippen LogP contribution in [0, 0.1) is 5.82 Å². The molecule has 152 valence electrons. The number of benzene rings is 3. The lowest BCUT2D eigenvalue weighted by Crippen LogP contribution is -2.34. The van der Waals surface area contributed by atoms with E-state index in [1.54, 1.807) is 19.2 Å². The number of hydrogen-bond acceptors (Lipinski definition) is 4. The highest BCUT2D eigenvalue weighted by Crippen LogP contribution is 2.49. The Bertz CT molecular complexity index is 1150. The number of fused-ring (bicyclic) bond motifs is 3. The van der Waals surface area contributed by atoms with Crippen molar-refractivity contribution < 1.29 is 13.9 Å². The number of hydrogen-bond donors (Lipinski definition) is 0. The minimum atomic E-state index is -0.478. The Morgan fingerprint density at radius 3 is 2.67 bits per heavy atom. The second kappa shape index (κ2) is 7.60. The van der Waals surface area contributed by atoms with Gasteiger partial charge in [0.25, 0.3) is 0 Å². The zero-order valence-corrected chi connectivity index (χ0v) is 18.3. The summed E-state index contributed by atoms with van der Waals surface area (Å²) in [5.74, 6) is 1.21. The molecule has 0 saturated heterocycles. The summed E-state index contributed by atoms with van der Waals surface area (Å²) in [7, 11) is 1.64. The van der Waals surface area contributed by atoms with Crippen LogP contribution in [0.3, 0.4) is 0 Å². The minimum absolute atomic E-state index is 0.0545. The maximum Gasteiger partial charge on any atom is 0.217 e. The van der Waals surface area contributed by atoms with Crippen LogP contribution in [0.15, 0.2) is 70.2 Å². The quantitative estimate of drug-likeness (QED) is 0.423. The van der Waals surface area contributed by atoms with E-state index in [9.17, 15) is 4.39 Å². The molecule has 2 aliphatic heterocycles. The first-order valence-corrected chi connectivity index (χ1v) is 10.6. The van der Waals surface area contributed by atoms with E-state index in [0.29, 0.717) is 17.2 Å². The van der Waals surface area contributed by atoms with Crippen LogP contribution in [0.2, 0.25) is 5.02 Å². The molecule has 0 bridgehead atoms. The third-order valence-corrected chi connectivity index (χ3v) is 6.12. The maximum atomic E-state index is 13.4. The van der Waals surface area contributed by atoms with E-state index in [-0.39, 0.29) is 11.9 Å². The molecule has 0 aliphatic carbocycles. The van der Waals surface area contributed by atoms with E-state index in [0.717, 1.165) is 32.6 Å². The lowest BCUT2D eigenvalue weighted by atomic mass is 9.96. The van der Waals surface area contributed by atoms with Gasteiger partial charge in [0.1, 0.15) is 17.3 Å². The molecule has 0 amide bonds. The van der Waals surface area contributed by atoms with Crippen molar-refractivity contribution in [3.63, 3.8) is 0 Å². The molecule has 0 fully saturated rings. The number of hydrazone groups is 1. The van der Waals surface area contributed by atoms with Crippen molar-refractivity contribution in [3.8, 4) is 11.5 Å². The first-order chi connectivity index (χ1) is 14.5. The molecule has 0 spiro atoms. The van der Waals surface area contributed by atoms with E-state index in [4.69, 9.17) is 26.2 Å². The Kier molecular flexibility index (Phi) is 4.91. The smallest absolute Gasteiger partial charge is 0.217 e. The SMILES string of the molecule is COc1ccc(Br)cc1[C@H]1Oc2ccc(Cl)cc2[C@H]2CC(c3ccc(F)cc3)=NN21. The van der Waals surface area contributed by atoms with Crippen LogP contribution >= 0.6 is 27.5 Å². The van der Waals surface area contributed by atoms with E-state index >= 15 is 0 Å². The van der Waals surface area contributed by atoms with Gasteiger partial charge in [-0.05, 0) is 54.1 Å². The van der Waals surface area contributed by atoms with E-state index in [1.165, 1.54) is 12.1 Å². The van der Waals surface area contributed by atoms with E-state index in [2.05, 4.69) is 15.9 Å². The summed E-state index contributed by atoms with van der Waals surface area (Å²) in [6.07, 6.45) is 0.184. The predicted molar refractivity (Wildman–Crippen MR) is 118 cm³/mol. The molecule has 30 heavy (non-hydrogen) atoms. The highest BCUT2D eigenvalue weighted by Gasteiger charge is 2.42. The van der Waals surface area contributed by atoms with E-state index < -0.39 is 6.23 Å². The van der Waals surface area contributed by atoms with Gasteiger partial charge >= 0.3 is 0 Å². The van der Waals surface area contributed by atoms with Crippen molar-refractivity contribution in [2.24, 2.45) is 5.10 Å². The summed E-state index contributed by atoms with van der Waals surface area (Å²) in [5.41, 5.74) is 3.60. The molecule has 0 N–H and O–H groups in total. The van der Waals surface area contributed by atoms with Crippen LogP contribution in [0.4, 0.5) is 4.39 Å². The highest BCUT2D eigenvalue weighted by molar-refractivity contribution is 9.10. The van der Waals surface area contributed by atoms with Crippen LogP contribution in [-0.2, 0) is 0 Å². The average Bonchev–Trinajstić information content (AvgIpc) is 3.19. The molecular weight excluding hydrogens is 471 g/mol. The zero-order chi connectivity index (χ0) is 20.8. The van der Waals surface area contributed by atoms with Gasteiger partial charge in [-0.1, -0.05) is 39.7 Å². The zero-order valence-electron chi connectivity index (χ0n) is 16.0. The molecular formula is C23H17BrClFN2O2. The summed E-state index contributed by atoms with van der Waals surface area (Å²) in [6.45, 7) is 0. The second-order valence-electron chi connectivity index (χ2n) is 7.19. The Hall–Kier alpha value is -2.57. The van der Waals surface area contributed by atoms with Gasteiger partial charge in [-0.3, -0.25) is 0 Å². The highest BCUT2D eigenvalue weighted by atomic mass is 79.9. The van der Waals surface area contributed by atoms with Gasteiger partial charge < -0.3 is 9.47 Å². The summed E-state index contributed by atoms with van der Waals surface area (Å²) in [6, 6.07) is 17.8. The Morgan fingerprint density at radius 1 is 1.10 bits per heavy atom. The molecule has 0 aromatic heterocycles. The van der Waals surface area contributed by atoms with Gasteiger partial charge in [-0.25, -0.2) is 9.40 Å². The molecule has 5 rings (SSSR count). The Balaban J connectivity index is 1.64. The normalized spacial score (nSPS) is 19.6. The molecule has 7 heteroatoms. The lowest BCUT2D eigenvalue weighted by Gasteiger charge is -2.38. The molecule has 2 atom stereocenters. The summed E-state index contributed by atoms with van der Waals surface area (Å²) < 4.78 is 26.3.